The minimum Gasteiger partial charge on any atom is -0.378 e. The van der Waals surface area contributed by atoms with Crippen molar-refractivity contribution in [3.8, 4) is 0 Å². The molecule has 1 unspecified atom stereocenters. The van der Waals surface area contributed by atoms with Gasteiger partial charge < -0.3 is 15.7 Å². The average Bonchev–Trinajstić information content (AvgIpc) is 2.50. The van der Waals surface area contributed by atoms with Gasteiger partial charge in [0, 0.05) is 23.3 Å². The van der Waals surface area contributed by atoms with Crippen LogP contribution in [0.5, 0.6) is 0 Å². The van der Waals surface area contributed by atoms with Gasteiger partial charge in [-0.3, -0.25) is 4.79 Å². The molecular weight excluding hydrogens is 304 g/mol. The van der Waals surface area contributed by atoms with Gasteiger partial charge in [-0.1, -0.05) is 0 Å². The Balaban J connectivity index is 2.13. The van der Waals surface area contributed by atoms with E-state index in [0.717, 1.165) is 6.07 Å². The molecule has 0 saturated carbocycles. The zero-order valence-electron chi connectivity index (χ0n) is 12.6. The van der Waals surface area contributed by atoms with E-state index in [-0.39, 0.29) is 18.5 Å². The number of halogens is 2. The lowest BCUT2D eigenvalue weighted by atomic mass is 9.91. The van der Waals surface area contributed by atoms with E-state index in [9.17, 15) is 18.7 Å². The third-order valence-corrected chi connectivity index (χ3v) is 4.25. The van der Waals surface area contributed by atoms with Gasteiger partial charge in [-0.2, -0.15) is 0 Å². The van der Waals surface area contributed by atoms with Crippen LogP contribution >= 0.6 is 0 Å². The number of piperidine rings is 1. The van der Waals surface area contributed by atoms with Crippen molar-refractivity contribution in [1.29, 1.82) is 0 Å². The van der Waals surface area contributed by atoms with Crippen molar-refractivity contribution in [1.82, 2.24) is 4.98 Å². The fourth-order valence-corrected chi connectivity index (χ4v) is 3.04. The molecule has 7 heteroatoms. The first-order chi connectivity index (χ1) is 10.8. The first-order valence-corrected chi connectivity index (χ1v) is 7.34. The number of fused-ring (bicyclic) bond motifs is 1. The van der Waals surface area contributed by atoms with Crippen molar-refractivity contribution in [3.63, 3.8) is 0 Å². The number of anilines is 1. The number of carbonyl (C=O) groups excluding carboxylic acids is 1. The maximum Gasteiger partial charge on any atom is 0.251 e. The normalized spacial score (nSPS) is 21.7. The topological polar surface area (TPSA) is 79.5 Å². The number of primary amides is 1. The van der Waals surface area contributed by atoms with Crippen LogP contribution in [0.3, 0.4) is 0 Å². The van der Waals surface area contributed by atoms with Crippen molar-refractivity contribution in [2.45, 2.75) is 25.4 Å². The Morgan fingerprint density at radius 1 is 1.43 bits per heavy atom. The van der Waals surface area contributed by atoms with Crippen LogP contribution in [-0.4, -0.2) is 34.7 Å². The van der Waals surface area contributed by atoms with Crippen molar-refractivity contribution in [3.05, 3.63) is 35.5 Å². The molecular formula is C16H17F2N3O2. The number of amides is 1. The number of benzene rings is 1. The van der Waals surface area contributed by atoms with Gasteiger partial charge in [0.15, 0.2) is 17.2 Å². The van der Waals surface area contributed by atoms with Gasteiger partial charge in [-0.05, 0) is 38.0 Å². The number of rotatable bonds is 2. The molecule has 0 bridgehead atoms. The van der Waals surface area contributed by atoms with Crippen LogP contribution in [0.1, 0.15) is 18.5 Å². The van der Waals surface area contributed by atoms with Gasteiger partial charge in [-0.25, -0.2) is 13.8 Å². The van der Waals surface area contributed by atoms with Crippen LogP contribution in [0.25, 0.3) is 10.9 Å². The molecule has 3 N–H and O–H groups in total. The number of nitrogens with two attached hydrogens (primary N) is 1. The van der Waals surface area contributed by atoms with Crippen molar-refractivity contribution in [2.24, 2.45) is 5.73 Å². The third kappa shape index (κ3) is 2.61. The van der Waals surface area contributed by atoms with E-state index in [4.69, 9.17) is 5.73 Å². The molecule has 2 aromatic rings. The molecule has 23 heavy (non-hydrogen) atoms. The highest BCUT2D eigenvalue weighted by molar-refractivity contribution is 5.93. The monoisotopic (exact) mass is 321 g/mol. The first-order valence-electron chi connectivity index (χ1n) is 7.34. The summed E-state index contributed by atoms with van der Waals surface area (Å²) in [6.07, 6.45) is 0.843. The summed E-state index contributed by atoms with van der Waals surface area (Å²) in [5.74, 6) is -2.75. The molecule has 1 aromatic carbocycles. The van der Waals surface area contributed by atoms with Crippen molar-refractivity contribution >= 4 is 22.5 Å². The summed E-state index contributed by atoms with van der Waals surface area (Å²) in [6, 6.07) is 4.22. The maximum atomic E-state index is 14.0. The molecule has 1 amide bonds. The predicted octanol–water partition coefficient (Wildman–Crippen LogP) is 1.64. The SMILES string of the molecule is Cc1cc(N2CCCC(O)(C(N)=O)C2)c2ccc(F)c(F)c2n1. The molecule has 1 atom stereocenters. The van der Waals surface area contributed by atoms with Crippen molar-refractivity contribution in [2.75, 3.05) is 18.0 Å². The smallest absolute Gasteiger partial charge is 0.251 e. The number of pyridine rings is 1. The number of nitrogens with zero attached hydrogens (tertiary/aromatic N) is 2. The van der Waals surface area contributed by atoms with Crippen molar-refractivity contribution < 1.29 is 18.7 Å². The molecule has 0 spiro atoms. The predicted molar refractivity (Wildman–Crippen MR) is 82.0 cm³/mol. The highest BCUT2D eigenvalue weighted by atomic mass is 19.2. The standard InChI is InChI=1S/C16H17F2N3O2/c1-9-7-12(10-3-4-11(17)13(18)14(10)20-9)21-6-2-5-16(23,8-21)15(19)22/h3-4,7,23H,2,5-6,8H2,1H3,(H2,19,22). The van der Waals surface area contributed by atoms with E-state index in [0.29, 0.717) is 29.7 Å². The third-order valence-electron chi connectivity index (χ3n) is 4.25. The van der Waals surface area contributed by atoms with Gasteiger partial charge >= 0.3 is 0 Å². The Kier molecular flexibility index (Phi) is 3.68. The lowest BCUT2D eigenvalue weighted by Crippen LogP contribution is -2.56. The van der Waals surface area contributed by atoms with Crippen LogP contribution in [0.4, 0.5) is 14.5 Å². The maximum absolute atomic E-state index is 14.0. The second-order valence-corrected chi connectivity index (χ2v) is 5.96. The number of aromatic nitrogens is 1. The summed E-state index contributed by atoms with van der Waals surface area (Å²) < 4.78 is 27.5. The van der Waals surface area contributed by atoms with Gasteiger partial charge in [0.1, 0.15) is 5.52 Å². The Morgan fingerprint density at radius 3 is 2.87 bits per heavy atom. The number of aliphatic hydroxyl groups is 1. The summed E-state index contributed by atoms with van der Waals surface area (Å²) in [4.78, 5) is 17.3. The molecule has 1 saturated heterocycles. The molecule has 2 heterocycles. The summed E-state index contributed by atoms with van der Waals surface area (Å²) in [7, 11) is 0. The summed E-state index contributed by atoms with van der Waals surface area (Å²) in [6.45, 7) is 2.27. The number of aryl methyl sites for hydroxylation is 1. The largest absolute Gasteiger partial charge is 0.378 e. The average molecular weight is 321 g/mol. The van der Waals surface area contributed by atoms with Gasteiger partial charge in [0.05, 0.1) is 6.54 Å². The fourth-order valence-electron chi connectivity index (χ4n) is 3.04. The van der Waals surface area contributed by atoms with Gasteiger partial charge in [0.25, 0.3) is 5.91 Å². The second kappa shape index (κ2) is 5.42. The molecule has 0 aliphatic carbocycles. The minimum absolute atomic E-state index is 0.0138. The number of carbonyl (C=O) groups is 1. The molecule has 3 rings (SSSR count). The molecule has 1 fully saturated rings. The van der Waals surface area contributed by atoms with Gasteiger partial charge in [-0.15, -0.1) is 0 Å². The molecule has 1 aromatic heterocycles. The van der Waals surface area contributed by atoms with Crippen LogP contribution in [0, 0.1) is 18.6 Å². The quantitative estimate of drug-likeness (QED) is 0.881. The van der Waals surface area contributed by atoms with E-state index >= 15 is 0 Å². The molecule has 122 valence electrons. The zero-order chi connectivity index (χ0) is 16.8. The Hall–Kier alpha value is -2.28. The second-order valence-electron chi connectivity index (χ2n) is 5.96. The summed E-state index contributed by atoms with van der Waals surface area (Å²) >= 11 is 0. The Morgan fingerprint density at radius 2 is 2.17 bits per heavy atom. The van der Waals surface area contributed by atoms with Crippen LogP contribution < -0.4 is 10.6 Å². The zero-order valence-corrected chi connectivity index (χ0v) is 12.6. The lowest BCUT2D eigenvalue weighted by Gasteiger charge is -2.38. The van der Waals surface area contributed by atoms with Gasteiger partial charge in [0.2, 0.25) is 0 Å². The number of β-amino-alcohol motifs (C(OH)–C–C–N with tert-alkyl or cyclic N) is 1. The highest BCUT2D eigenvalue weighted by Gasteiger charge is 2.39. The Labute approximate surface area is 131 Å². The molecule has 1 aliphatic heterocycles. The van der Waals surface area contributed by atoms with E-state index in [1.54, 1.807) is 17.9 Å². The van der Waals surface area contributed by atoms with Crippen LogP contribution in [0.15, 0.2) is 18.2 Å². The van der Waals surface area contributed by atoms with Crippen LogP contribution in [-0.2, 0) is 4.79 Å². The first kappa shape index (κ1) is 15.6. The Bertz CT molecular complexity index is 796. The summed E-state index contributed by atoms with van der Waals surface area (Å²) in [5, 5.41) is 10.8. The number of hydrogen-bond donors (Lipinski definition) is 2. The highest BCUT2D eigenvalue weighted by Crippen LogP contribution is 2.33. The summed E-state index contributed by atoms with van der Waals surface area (Å²) in [5.41, 5.74) is 4.73. The van der Waals surface area contributed by atoms with E-state index in [2.05, 4.69) is 4.98 Å². The van der Waals surface area contributed by atoms with Crippen LogP contribution in [0.2, 0.25) is 0 Å². The molecule has 1 aliphatic rings. The number of hydrogen-bond acceptors (Lipinski definition) is 4. The fraction of sp³-hybridized carbons (Fsp3) is 0.375. The van der Waals surface area contributed by atoms with E-state index < -0.39 is 23.1 Å². The van der Waals surface area contributed by atoms with E-state index in [1.807, 2.05) is 0 Å². The van der Waals surface area contributed by atoms with E-state index in [1.165, 1.54) is 6.07 Å². The minimum atomic E-state index is -1.62. The lowest BCUT2D eigenvalue weighted by molar-refractivity contribution is -0.137. The molecule has 5 nitrogen and oxygen atoms in total. The molecule has 0 radical (unpaired) electrons.